The number of methoxy groups -OCH3 is 1. The third-order valence-electron chi connectivity index (χ3n) is 2.74. The highest BCUT2D eigenvalue weighted by Gasteiger charge is 2.11. The van der Waals surface area contributed by atoms with Crippen LogP contribution in [0.15, 0.2) is 28.8 Å². The van der Waals surface area contributed by atoms with Crippen molar-refractivity contribution in [1.82, 2.24) is 15.0 Å². The fourth-order valence-corrected chi connectivity index (χ4v) is 1.84. The lowest BCUT2D eigenvalue weighted by molar-refractivity contribution is -0.117. The van der Waals surface area contributed by atoms with Crippen molar-refractivity contribution in [3.8, 4) is 5.75 Å². The normalized spacial score (nSPS) is 10.7. The van der Waals surface area contributed by atoms with Gasteiger partial charge in [-0.2, -0.15) is 4.98 Å². The molecule has 1 N–H and O–H groups in total. The van der Waals surface area contributed by atoms with Crippen LogP contribution in [0.2, 0.25) is 0 Å². The van der Waals surface area contributed by atoms with E-state index in [1.165, 1.54) is 0 Å². The van der Waals surface area contributed by atoms with Crippen molar-refractivity contribution in [3.05, 3.63) is 36.0 Å². The van der Waals surface area contributed by atoms with Crippen LogP contribution in [0.1, 0.15) is 11.7 Å². The molecule has 0 aliphatic rings. The molecule has 1 amide bonds. The van der Waals surface area contributed by atoms with E-state index in [0.29, 0.717) is 29.7 Å². The van der Waals surface area contributed by atoms with Crippen molar-refractivity contribution < 1.29 is 14.1 Å². The molecule has 0 fully saturated rings. The molecule has 7 heteroatoms. The molecule has 0 spiro atoms. The average molecular weight is 290 g/mol. The number of ether oxygens (including phenoxy) is 1. The van der Waals surface area contributed by atoms with Gasteiger partial charge in [0.2, 0.25) is 11.8 Å². The van der Waals surface area contributed by atoms with E-state index in [-0.39, 0.29) is 12.5 Å². The van der Waals surface area contributed by atoms with Crippen LogP contribution >= 0.6 is 0 Å². The number of amides is 1. The number of anilines is 1. The van der Waals surface area contributed by atoms with Gasteiger partial charge < -0.3 is 14.6 Å². The van der Waals surface area contributed by atoms with Crippen molar-refractivity contribution in [3.63, 3.8) is 0 Å². The van der Waals surface area contributed by atoms with E-state index < -0.39 is 0 Å². The van der Waals surface area contributed by atoms with Gasteiger partial charge in [-0.3, -0.25) is 9.69 Å². The van der Waals surface area contributed by atoms with Gasteiger partial charge >= 0.3 is 0 Å². The van der Waals surface area contributed by atoms with E-state index in [1.54, 1.807) is 25.0 Å². The Bertz CT molecular complexity index is 612. The summed E-state index contributed by atoms with van der Waals surface area (Å²) in [6.45, 7) is 2.40. The molecular formula is C14H18N4O3. The topological polar surface area (TPSA) is 80.5 Å². The molecule has 0 saturated carbocycles. The number of rotatable bonds is 6. The maximum absolute atomic E-state index is 12.0. The van der Waals surface area contributed by atoms with Gasteiger partial charge in [0.05, 0.1) is 20.2 Å². The van der Waals surface area contributed by atoms with Crippen LogP contribution in [-0.4, -0.2) is 41.6 Å². The lowest BCUT2D eigenvalue weighted by Gasteiger charge is -2.14. The second kappa shape index (κ2) is 6.85. The molecular weight excluding hydrogens is 272 g/mol. The molecule has 2 rings (SSSR count). The molecule has 21 heavy (non-hydrogen) atoms. The van der Waals surface area contributed by atoms with Gasteiger partial charge in [-0.1, -0.05) is 11.2 Å². The summed E-state index contributed by atoms with van der Waals surface area (Å²) in [4.78, 5) is 17.8. The van der Waals surface area contributed by atoms with Crippen LogP contribution in [0.3, 0.4) is 0 Å². The zero-order chi connectivity index (χ0) is 15.2. The molecule has 1 heterocycles. The Kier molecular flexibility index (Phi) is 4.89. The average Bonchev–Trinajstić information content (AvgIpc) is 2.83. The molecule has 2 aromatic rings. The Morgan fingerprint density at radius 2 is 2.29 bits per heavy atom. The Morgan fingerprint density at radius 3 is 2.95 bits per heavy atom. The SMILES string of the molecule is COc1cccc(NC(=O)CN(C)Cc2nc(C)no2)c1. The van der Waals surface area contributed by atoms with Crippen molar-refractivity contribution in [2.45, 2.75) is 13.5 Å². The lowest BCUT2D eigenvalue weighted by atomic mass is 10.3. The van der Waals surface area contributed by atoms with Crippen molar-refractivity contribution in [1.29, 1.82) is 0 Å². The Labute approximate surface area is 122 Å². The number of nitrogens with one attached hydrogen (secondary N) is 1. The molecule has 0 atom stereocenters. The highest BCUT2D eigenvalue weighted by atomic mass is 16.5. The second-order valence-electron chi connectivity index (χ2n) is 4.69. The summed E-state index contributed by atoms with van der Waals surface area (Å²) in [6, 6.07) is 7.21. The van der Waals surface area contributed by atoms with Gasteiger partial charge in [-0.15, -0.1) is 0 Å². The Morgan fingerprint density at radius 1 is 1.48 bits per heavy atom. The summed E-state index contributed by atoms with van der Waals surface area (Å²) >= 11 is 0. The summed E-state index contributed by atoms with van der Waals surface area (Å²) in [5, 5.41) is 6.52. The van der Waals surface area contributed by atoms with E-state index in [4.69, 9.17) is 9.26 Å². The number of aryl methyl sites for hydroxylation is 1. The first-order chi connectivity index (χ1) is 10.1. The van der Waals surface area contributed by atoms with E-state index >= 15 is 0 Å². The number of nitrogens with zero attached hydrogens (tertiary/aromatic N) is 3. The minimum absolute atomic E-state index is 0.123. The summed E-state index contributed by atoms with van der Waals surface area (Å²) < 4.78 is 10.1. The Balaban J connectivity index is 1.85. The van der Waals surface area contributed by atoms with Crippen molar-refractivity contribution in [2.24, 2.45) is 0 Å². The van der Waals surface area contributed by atoms with E-state index in [0.717, 1.165) is 0 Å². The fourth-order valence-electron chi connectivity index (χ4n) is 1.84. The minimum atomic E-state index is -0.123. The third-order valence-corrected chi connectivity index (χ3v) is 2.74. The van der Waals surface area contributed by atoms with E-state index in [9.17, 15) is 4.79 Å². The highest BCUT2D eigenvalue weighted by Crippen LogP contribution is 2.16. The molecule has 0 radical (unpaired) electrons. The minimum Gasteiger partial charge on any atom is -0.497 e. The third kappa shape index (κ3) is 4.57. The number of carbonyl (C=O) groups is 1. The summed E-state index contributed by atoms with van der Waals surface area (Å²) in [7, 11) is 3.39. The predicted octanol–water partition coefficient (Wildman–Crippen LogP) is 1.46. The highest BCUT2D eigenvalue weighted by molar-refractivity contribution is 5.92. The number of likely N-dealkylation sites (N-methyl/N-ethyl adjacent to an activating group) is 1. The quantitative estimate of drug-likeness (QED) is 0.867. The van der Waals surface area contributed by atoms with Crippen LogP contribution in [0, 0.1) is 6.92 Å². The van der Waals surface area contributed by atoms with Gasteiger partial charge in [0.15, 0.2) is 5.82 Å². The zero-order valence-electron chi connectivity index (χ0n) is 12.3. The standard InChI is InChI=1S/C14H18N4O3/c1-10-15-14(21-17-10)9-18(2)8-13(19)16-11-5-4-6-12(7-11)20-3/h4-7H,8-9H2,1-3H3,(H,16,19). The number of carbonyl (C=O) groups excluding carboxylic acids is 1. The molecule has 0 saturated heterocycles. The van der Waals surface area contributed by atoms with Crippen LogP contribution in [0.5, 0.6) is 5.75 Å². The van der Waals surface area contributed by atoms with Gasteiger partial charge in [0, 0.05) is 11.8 Å². The number of aromatic nitrogens is 2. The molecule has 0 aliphatic heterocycles. The first-order valence-corrected chi connectivity index (χ1v) is 6.48. The molecule has 1 aromatic heterocycles. The lowest BCUT2D eigenvalue weighted by Crippen LogP contribution is -2.29. The van der Waals surface area contributed by atoms with Crippen LogP contribution in [-0.2, 0) is 11.3 Å². The maximum Gasteiger partial charge on any atom is 0.240 e. The van der Waals surface area contributed by atoms with E-state index in [1.807, 2.05) is 25.2 Å². The zero-order valence-corrected chi connectivity index (χ0v) is 12.3. The molecule has 0 bridgehead atoms. The molecule has 0 unspecified atom stereocenters. The van der Waals surface area contributed by atoms with Gasteiger partial charge in [-0.05, 0) is 26.1 Å². The largest absolute Gasteiger partial charge is 0.497 e. The molecule has 1 aromatic carbocycles. The summed E-state index contributed by atoms with van der Waals surface area (Å²) in [6.07, 6.45) is 0. The van der Waals surface area contributed by atoms with Gasteiger partial charge in [0.1, 0.15) is 5.75 Å². The van der Waals surface area contributed by atoms with Gasteiger partial charge in [-0.25, -0.2) is 0 Å². The van der Waals surface area contributed by atoms with Crippen LogP contribution in [0.25, 0.3) is 0 Å². The molecule has 112 valence electrons. The van der Waals surface area contributed by atoms with Crippen molar-refractivity contribution >= 4 is 11.6 Å². The first kappa shape index (κ1) is 15.0. The fraction of sp³-hybridized carbons (Fsp3) is 0.357. The van der Waals surface area contributed by atoms with E-state index in [2.05, 4.69) is 15.5 Å². The summed E-state index contributed by atoms with van der Waals surface area (Å²) in [5.74, 6) is 1.65. The Hall–Kier alpha value is -2.41. The maximum atomic E-state index is 12.0. The van der Waals surface area contributed by atoms with Crippen LogP contribution < -0.4 is 10.1 Å². The molecule has 7 nitrogen and oxygen atoms in total. The predicted molar refractivity (Wildman–Crippen MR) is 77.0 cm³/mol. The monoisotopic (exact) mass is 290 g/mol. The second-order valence-corrected chi connectivity index (χ2v) is 4.69. The number of hydrogen-bond donors (Lipinski definition) is 1. The summed E-state index contributed by atoms with van der Waals surface area (Å²) in [5.41, 5.74) is 0.696. The number of hydrogen-bond acceptors (Lipinski definition) is 6. The van der Waals surface area contributed by atoms with Crippen LogP contribution in [0.4, 0.5) is 5.69 Å². The molecule has 0 aliphatic carbocycles. The van der Waals surface area contributed by atoms with Crippen molar-refractivity contribution in [2.75, 3.05) is 26.0 Å². The number of benzene rings is 1. The first-order valence-electron chi connectivity index (χ1n) is 6.48. The smallest absolute Gasteiger partial charge is 0.240 e. The van der Waals surface area contributed by atoms with Gasteiger partial charge in [0.25, 0.3) is 0 Å².